The van der Waals surface area contributed by atoms with Gasteiger partial charge in [0.05, 0.1) is 57.1 Å². The van der Waals surface area contributed by atoms with Gasteiger partial charge in [0, 0.05) is 86.7 Å². The number of nitrogens with zero attached hydrogens (tertiary/aromatic N) is 5. The van der Waals surface area contributed by atoms with Crippen LogP contribution in [0.4, 0.5) is 5.95 Å². The maximum absolute atomic E-state index is 13.3. The molecule has 0 spiro atoms. The van der Waals surface area contributed by atoms with Crippen molar-refractivity contribution in [2.24, 2.45) is 11.8 Å². The molecule has 78 heavy (non-hydrogen) atoms. The molecule has 2 aliphatic carbocycles. The number of rotatable bonds is 30. The zero-order valence-electron chi connectivity index (χ0n) is 45.6. The average Bonchev–Trinajstić information content (AvgIpc) is 3.87. The Hall–Kier alpha value is -6.44. The van der Waals surface area contributed by atoms with Crippen molar-refractivity contribution in [2.45, 2.75) is 110 Å². The van der Waals surface area contributed by atoms with Gasteiger partial charge in [-0.2, -0.15) is 4.98 Å². The fourth-order valence-corrected chi connectivity index (χ4v) is 10.5. The summed E-state index contributed by atoms with van der Waals surface area (Å²) in [6.07, 6.45) is 19.4. The van der Waals surface area contributed by atoms with Crippen LogP contribution < -0.4 is 20.7 Å². The molecule has 418 valence electrons. The Morgan fingerprint density at radius 1 is 0.897 bits per heavy atom. The standard InChI is InChI=1S/C60H78N8O10/c1-3-42(4-2)37-62-60-63-38-50-51(40-68(58(50)65-60)46-17-19-47(69)20-18-46)44-15-13-43(14-16-44)39-67-27-25-66(26-28-67)24-7-5-6-8-29-75-31-33-77-34-32-76-30-10-23-61-56(73)41-78-54-12-9-11-49-52(70)35-45(36-53(71)57(49)54)48-21-22-55(72)64-59(48)74/h9,11-17,25,35,38,40,42,47-48,69H,3-8,10,18-24,26-34,36-37,39,41H2,1-2H3,(H2-,61,62,63,64,65,72,73,74)/p+1/t47-,48?/m1/s1. The summed E-state index contributed by atoms with van der Waals surface area (Å²) in [7, 11) is 0. The van der Waals surface area contributed by atoms with E-state index in [-0.39, 0.29) is 60.7 Å². The Kier molecular flexibility index (Phi) is 21.8. The van der Waals surface area contributed by atoms with E-state index in [2.05, 4.69) is 86.6 Å². The Morgan fingerprint density at radius 2 is 1.67 bits per heavy atom. The highest BCUT2D eigenvalue weighted by molar-refractivity contribution is 6.18. The molecular weight excluding hydrogens is 993 g/mol. The number of ether oxygens (including phenoxy) is 4. The number of aliphatic hydroxyl groups is 1. The fraction of sp³-hybridized carbons (Fsp3) is 0.533. The van der Waals surface area contributed by atoms with Crippen LogP contribution in [0.15, 0.2) is 72.6 Å². The van der Waals surface area contributed by atoms with Crippen LogP contribution in [0, 0.1) is 11.8 Å². The van der Waals surface area contributed by atoms with Gasteiger partial charge in [-0.15, -0.1) is 0 Å². The number of hydrogen-bond donors (Lipinski definition) is 4. The largest absolute Gasteiger partial charge is 0.483 e. The zero-order chi connectivity index (χ0) is 54.6. The van der Waals surface area contributed by atoms with Crippen molar-refractivity contribution in [3.63, 3.8) is 0 Å². The summed E-state index contributed by atoms with van der Waals surface area (Å²) in [6.45, 7) is 13.4. The number of anilines is 1. The summed E-state index contributed by atoms with van der Waals surface area (Å²) in [5.41, 5.74) is 6.22. The summed E-state index contributed by atoms with van der Waals surface area (Å²) in [4.78, 5) is 75.3. The molecule has 4 aliphatic rings. The summed E-state index contributed by atoms with van der Waals surface area (Å²) < 4.78 is 27.5. The van der Waals surface area contributed by atoms with Crippen LogP contribution in [0.2, 0.25) is 0 Å². The summed E-state index contributed by atoms with van der Waals surface area (Å²) in [6, 6.07) is 13.6. The highest BCUT2D eigenvalue weighted by atomic mass is 16.5. The van der Waals surface area contributed by atoms with Crippen LogP contribution in [0.3, 0.4) is 0 Å². The van der Waals surface area contributed by atoms with E-state index in [0.29, 0.717) is 69.9 Å². The van der Waals surface area contributed by atoms with Gasteiger partial charge >= 0.3 is 0 Å². The van der Waals surface area contributed by atoms with Crippen molar-refractivity contribution < 1.29 is 52.6 Å². The number of aromatic nitrogens is 3. The minimum atomic E-state index is -0.736. The maximum Gasteiger partial charge on any atom is 0.257 e. The second-order valence-corrected chi connectivity index (χ2v) is 20.8. The Balaban J connectivity index is 0.629. The molecule has 1 fully saturated rings. The first-order chi connectivity index (χ1) is 38.1. The van der Waals surface area contributed by atoms with Gasteiger partial charge in [-0.05, 0) is 79.7 Å². The number of carbonyl (C=O) groups excluding carboxylic acids is 5. The van der Waals surface area contributed by atoms with Crippen LogP contribution in [-0.4, -0.2) is 156 Å². The normalized spacial score (nSPS) is 18.1. The van der Waals surface area contributed by atoms with Crippen molar-refractivity contribution in [1.82, 2.24) is 30.1 Å². The second kappa shape index (κ2) is 29.5. The van der Waals surface area contributed by atoms with Crippen molar-refractivity contribution in [2.75, 3.05) is 90.8 Å². The van der Waals surface area contributed by atoms with Crippen LogP contribution in [0.5, 0.6) is 5.75 Å². The van der Waals surface area contributed by atoms with E-state index in [1.54, 1.807) is 6.07 Å². The maximum atomic E-state index is 13.3. The quantitative estimate of drug-likeness (QED) is 0.0231. The lowest BCUT2D eigenvalue weighted by Gasteiger charge is -2.23. The molecule has 4 N–H and O–H groups in total. The molecule has 2 aliphatic heterocycles. The van der Waals surface area contributed by atoms with Gasteiger partial charge in [0.15, 0.2) is 30.9 Å². The van der Waals surface area contributed by atoms with Crippen molar-refractivity contribution >= 4 is 58.2 Å². The van der Waals surface area contributed by atoms with E-state index >= 15 is 0 Å². The highest BCUT2D eigenvalue weighted by Crippen LogP contribution is 2.36. The monoisotopic (exact) mass is 1070 g/mol. The molecule has 18 heteroatoms. The first-order valence-corrected chi connectivity index (χ1v) is 28.3. The van der Waals surface area contributed by atoms with Crippen LogP contribution in [0.25, 0.3) is 27.9 Å². The smallest absolute Gasteiger partial charge is 0.257 e. The van der Waals surface area contributed by atoms with E-state index in [4.69, 9.17) is 28.9 Å². The molecule has 1 unspecified atom stereocenters. The number of allylic oxidation sites excluding steroid dienone is 2. The molecule has 0 saturated carbocycles. The number of benzene rings is 2. The fourth-order valence-electron chi connectivity index (χ4n) is 10.5. The second-order valence-electron chi connectivity index (χ2n) is 20.8. The average molecular weight is 1070 g/mol. The molecule has 3 amide bonds. The SMILES string of the molecule is CCC(CC)CNc1ncc2c(-c3ccc(CN4CC=[N+](CCCCCCOCCOCCOCCCNC(=O)COc5cccc6c5C(=O)CC(C5CCC(=O)NC5=O)=CC6=O)CC4)cc3)cn(C3=CC[C@@H](O)CC3)c2n1. The molecule has 18 nitrogen and oxygen atoms in total. The number of carbonyl (C=O) groups is 5. The number of imide groups is 1. The minimum Gasteiger partial charge on any atom is -0.483 e. The van der Waals surface area contributed by atoms with Gasteiger partial charge in [0.2, 0.25) is 17.8 Å². The molecule has 8 rings (SSSR count). The predicted octanol–water partition coefficient (Wildman–Crippen LogP) is 7.17. The molecule has 0 radical (unpaired) electrons. The third kappa shape index (κ3) is 16.3. The topological polar surface area (TPSA) is 216 Å². The molecule has 2 aromatic heterocycles. The number of hydrogen-bond acceptors (Lipinski definition) is 14. The lowest BCUT2D eigenvalue weighted by atomic mass is 9.87. The first kappa shape index (κ1) is 57.7. The van der Waals surface area contributed by atoms with Crippen molar-refractivity contribution in [3.8, 4) is 16.9 Å². The number of nitrogens with one attached hydrogen (secondary N) is 3. The summed E-state index contributed by atoms with van der Waals surface area (Å²) in [5, 5.41) is 19.8. The number of Topliss-reactive ketones (excluding diaryl/α,β-unsaturated/α-hetero) is 1. The molecule has 4 aromatic rings. The van der Waals surface area contributed by atoms with Crippen LogP contribution >= 0.6 is 0 Å². The summed E-state index contributed by atoms with van der Waals surface area (Å²) >= 11 is 0. The van der Waals surface area contributed by atoms with E-state index in [1.165, 1.54) is 42.3 Å². The summed E-state index contributed by atoms with van der Waals surface area (Å²) in [5.74, 6) is -1.48. The third-order valence-electron chi connectivity index (χ3n) is 15.2. The van der Waals surface area contributed by atoms with Crippen molar-refractivity contribution in [3.05, 3.63) is 89.3 Å². The molecule has 0 bridgehead atoms. The molecule has 1 saturated heterocycles. The Labute approximate surface area is 458 Å². The minimum absolute atomic E-state index is 0.0789. The zero-order valence-corrected chi connectivity index (χ0v) is 45.6. The number of unbranched alkanes of at least 4 members (excludes halogenated alkanes) is 3. The predicted molar refractivity (Wildman–Crippen MR) is 299 cm³/mol. The molecular formula is C60H79N8O10+. The Morgan fingerprint density at radius 3 is 2.40 bits per heavy atom. The van der Waals surface area contributed by atoms with E-state index < -0.39 is 23.4 Å². The molecule has 4 heterocycles. The van der Waals surface area contributed by atoms with E-state index in [9.17, 15) is 29.1 Å². The number of aliphatic hydroxyl groups excluding tert-OH is 1. The van der Waals surface area contributed by atoms with Crippen LogP contribution in [0.1, 0.15) is 124 Å². The van der Waals surface area contributed by atoms with Gasteiger partial charge < -0.3 is 39.3 Å². The van der Waals surface area contributed by atoms with Gasteiger partial charge in [0.25, 0.3) is 5.91 Å². The van der Waals surface area contributed by atoms with Gasteiger partial charge in [-0.25, -0.2) is 9.56 Å². The van der Waals surface area contributed by atoms with Gasteiger partial charge in [-0.3, -0.25) is 34.2 Å². The van der Waals surface area contributed by atoms with Gasteiger partial charge in [-0.1, -0.05) is 75.6 Å². The first-order valence-electron chi connectivity index (χ1n) is 28.3. The lowest BCUT2D eigenvalue weighted by Crippen LogP contribution is -2.41. The van der Waals surface area contributed by atoms with Gasteiger partial charge in [0.1, 0.15) is 17.9 Å². The number of piperidine rings is 1. The number of fused-ring (bicyclic) bond motifs is 2. The van der Waals surface area contributed by atoms with Crippen LogP contribution in [-0.2, 0) is 35.1 Å². The Bertz CT molecular complexity index is 2800. The lowest BCUT2D eigenvalue weighted by molar-refractivity contribution is -0.530. The number of ketones is 2. The van der Waals surface area contributed by atoms with Crippen molar-refractivity contribution in [1.29, 1.82) is 0 Å². The third-order valence-corrected chi connectivity index (χ3v) is 15.2. The highest BCUT2D eigenvalue weighted by Gasteiger charge is 2.35. The number of amides is 3. The van der Waals surface area contributed by atoms with E-state index in [0.717, 1.165) is 107 Å². The molecule has 2 aromatic carbocycles. The molecule has 2 atom stereocenters. The van der Waals surface area contributed by atoms with E-state index in [1.807, 2.05) is 6.20 Å².